The third kappa shape index (κ3) is 3.55. The fourth-order valence-corrected chi connectivity index (χ4v) is 1.44. The Balaban J connectivity index is 2.78. The second-order valence-electron chi connectivity index (χ2n) is 3.42. The van der Waals surface area contributed by atoms with E-state index < -0.39 is 11.9 Å². The van der Waals surface area contributed by atoms with Crippen LogP contribution in [0, 0.1) is 5.92 Å². The average molecular weight is 238 g/mol. The zero-order valence-electron chi connectivity index (χ0n) is 9.55. The van der Waals surface area contributed by atoms with Gasteiger partial charge in [-0.1, -0.05) is 0 Å². The first kappa shape index (κ1) is 13.2. The summed E-state index contributed by atoms with van der Waals surface area (Å²) >= 11 is 0. The largest absolute Gasteiger partial charge is 0.472 e. The molecule has 0 spiro atoms. The van der Waals surface area contributed by atoms with Crippen molar-refractivity contribution < 1.29 is 23.5 Å². The van der Waals surface area contributed by atoms with Crippen LogP contribution in [0.3, 0.4) is 0 Å². The van der Waals surface area contributed by atoms with Gasteiger partial charge >= 0.3 is 5.97 Å². The van der Waals surface area contributed by atoms with Gasteiger partial charge in [0.2, 0.25) is 0 Å². The normalized spacial score (nSPS) is 11.8. The second kappa shape index (κ2) is 6.62. The van der Waals surface area contributed by atoms with Crippen molar-refractivity contribution >= 4 is 18.0 Å². The van der Waals surface area contributed by atoms with Crippen molar-refractivity contribution in [1.29, 1.82) is 0 Å². The summed E-state index contributed by atoms with van der Waals surface area (Å²) in [5.74, 6) is -1.91. The zero-order valence-corrected chi connectivity index (χ0v) is 9.55. The van der Waals surface area contributed by atoms with Crippen molar-refractivity contribution in [2.75, 3.05) is 6.61 Å². The maximum Gasteiger partial charge on any atom is 0.316 e. The fraction of sp³-hybridized carbons (Fsp3) is 0.417. The molecule has 1 heterocycles. The van der Waals surface area contributed by atoms with E-state index in [1.54, 1.807) is 6.92 Å². The lowest BCUT2D eigenvalue weighted by molar-refractivity contribution is -0.146. The Labute approximate surface area is 98.7 Å². The van der Waals surface area contributed by atoms with E-state index >= 15 is 0 Å². The van der Waals surface area contributed by atoms with Gasteiger partial charge in [-0.3, -0.25) is 9.59 Å². The molecule has 1 aromatic rings. The predicted octanol–water partition coefficient (Wildman–Crippen LogP) is 1.62. The summed E-state index contributed by atoms with van der Waals surface area (Å²) in [4.78, 5) is 33.9. The van der Waals surface area contributed by atoms with Gasteiger partial charge in [-0.25, -0.2) is 0 Å². The van der Waals surface area contributed by atoms with E-state index in [2.05, 4.69) is 0 Å². The standard InChI is InChI=1S/C12H14O5/c1-2-17-12(15)10(4-3-6-13)11(14)9-5-7-16-8-9/h5-8,10H,2-4H2,1H3. The number of carbonyl (C=O) groups excluding carboxylic acids is 3. The molecule has 0 amide bonds. The van der Waals surface area contributed by atoms with Gasteiger partial charge in [-0.15, -0.1) is 0 Å². The molecule has 92 valence electrons. The highest BCUT2D eigenvalue weighted by Crippen LogP contribution is 2.16. The summed E-state index contributed by atoms with van der Waals surface area (Å²) in [6.45, 7) is 1.87. The van der Waals surface area contributed by atoms with Gasteiger partial charge in [0.15, 0.2) is 5.78 Å². The first-order valence-corrected chi connectivity index (χ1v) is 5.37. The van der Waals surface area contributed by atoms with Gasteiger partial charge in [0.05, 0.1) is 18.4 Å². The molecule has 0 fully saturated rings. The Morgan fingerprint density at radius 3 is 2.82 bits per heavy atom. The van der Waals surface area contributed by atoms with E-state index in [1.807, 2.05) is 0 Å². The molecule has 0 bridgehead atoms. The van der Waals surface area contributed by atoms with Crippen molar-refractivity contribution in [3.63, 3.8) is 0 Å². The highest BCUT2D eigenvalue weighted by atomic mass is 16.5. The molecule has 17 heavy (non-hydrogen) atoms. The van der Waals surface area contributed by atoms with E-state index in [-0.39, 0.29) is 25.2 Å². The smallest absolute Gasteiger partial charge is 0.316 e. The van der Waals surface area contributed by atoms with E-state index in [0.29, 0.717) is 11.8 Å². The Morgan fingerprint density at radius 1 is 1.53 bits per heavy atom. The Bertz CT molecular complexity index is 380. The van der Waals surface area contributed by atoms with Gasteiger partial charge in [-0.2, -0.15) is 0 Å². The number of esters is 1. The van der Waals surface area contributed by atoms with E-state index in [1.165, 1.54) is 18.6 Å². The SMILES string of the molecule is CCOC(=O)C(CCC=O)C(=O)c1ccoc1. The number of aldehydes is 1. The number of ketones is 1. The topological polar surface area (TPSA) is 73.6 Å². The molecule has 1 unspecified atom stereocenters. The van der Waals surface area contributed by atoms with Crippen molar-refractivity contribution in [3.05, 3.63) is 24.2 Å². The van der Waals surface area contributed by atoms with Crippen LogP contribution in [0.4, 0.5) is 0 Å². The molecule has 1 atom stereocenters. The third-order valence-electron chi connectivity index (χ3n) is 2.27. The van der Waals surface area contributed by atoms with Gasteiger partial charge in [-0.05, 0) is 19.4 Å². The summed E-state index contributed by atoms with van der Waals surface area (Å²) in [6.07, 6.45) is 3.61. The molecule has 0 saturated carbocycles. The van der Waals surface area contributed by atoms with Gasteiger partial charge < -0.3 is 13.9 Å². The molecule has 0 aliphatic rings. The van der Waals surface area contributed by atoms with Crippen molar-refractivity contribution in [2.24, 2.45) is 5.92 Å². The molecule has 0 saturated heterocycles. The Hall–Kier alpha value is -1.91. The van der Waals surface area contributed by atoms with Crippen LogP contribution < -0.4 is 0 Å². The monoisotopic (exact) mass is 238 g/mol. The van der Waals surface area contributed by atoms with Crippen LogP contribution >= 0.6 is 0 Å². The Morgan fingerprint density at radius 2 is 2.29 bits per heavy atom. The molecule has 1 rings (SSSR count). The van der Waals surface area contributed by atoms with Crippen LogP contribution in [0.1, 0.15) is 30.1 Å². The van der Waals surface area contributed by atoms with Gasteiger partial charge in [0.25, 0.3) is 0 Å². The quantitative estimate of drug-likeness (QED) is 0.312. The summed E-state index contributed by atoms with van der Waals surface area (Å²) in [5, 5.41) is 0. The number of carbonyl (C=O) groups is 3. The summed E-state index contributed by atoms with van der Waals surface area (Å²) < 4.78 is 9.60. The lowest BCUT2D eigenvalue weighted by Crippen LogP contribution is -2.26. The molecule has 1 aromatic heterocycles. The maximum atomic E-state index is 12.0. The molecule has 5 heteroatoms. The molecule has 0 radical (unpaired) electrons. The number of hydrogen-bond acceptors (Lipinski definition) is 5. The average Bonchev–Trinajstić information content (AvgIpc) is 2.83. The summed E-state index contributed by atoms with van der Waals surface area (Å²) in [7, 11) is 0. The first-order valence-electron chi connectivity index (χ1n) is 5.37. The minimum Gasteiger partial charge on any atom is -0.472 e. The molecule has 0 aromatic carbocycles. The van der Waals surface area contributed by atoms with Crippen molar-refractivity contribution in [3.8, 4) is 0 Å². The predicted molar refractivity (Wildman–Crippen MR) is 58.5 cm³/mol. The molecule has 5 nitrogen and oxygen atoms in total. The molecule has 0 aliphatic heterocycles. The van der Waals surface area contributed by atoms with Crippen molar-refractivity contribution in [1.82, 2.24) is 0 Å². The molecular formula is C12H14O5. The maximum absolute atomic E-state index is 12.0. The minimum absolute atomic E-state index is 0.146. The number of ether oxygens (including phenoxy) is 1. The molecular weight excluding hydrogens is 224 g/mol. The third-order valence-corrected chi connectivity index (χ3v) is 2.27. The highest BCUT2D eigenvalue weighted by Gasteiger charge is 2.28. The minimum atomic E-state index is -0.933. The number of furan rings is 1. The zero-order chi connectivity index (χ0) is 12.7. The van der Waals surface area contributed by atoms with E-state index in [9.17, 15) is 14.4 Å². The van der Waals surface area contributed by atoms with E-state index in [4.69, 9.17) is 9.15 Å². The van der Waals surface area contributed by atoms with Crippen LogP contribution in [0.25, 0.3) is 0 Å². The molecule has 0 aliphatic carbocycles. The van der Waals surface area contributed by atoms with E-state index in [0.717, 1.165) is 0 Å². The van der Waals surface area contributed by atoms with Crippen molar-refractivity contribution in [2.45, 2.75) is 19.8 Å². The number of Topliss-reactive ketones (excluding diaryl/α,β-unsaturated/α-hetero) is 1. The lowest BCUT2D eigenvalue weighted by atomic mass is 9.95. The number of hydrogen-bond donors (Lipinski definition) is 0. The lowest BCUT2D eigenvalue weighted by Gasteiger charge is -2.12. The van der Waals surface area contributed by atoms with Gasteiger partial charge in [0, 0.05) is 6.42 Å². The first-order chi connectivity index (χ1) is 8.20. The van der Waals surface area contributed by atoms with Crippen LogP contribution in [0.15, 0.2) is 23.0 Å². The number of rotatable bonds is 7. The van der Waals surface area contributed by atoms with Crippen LogP contribution in [0.5, 0.6) is 0 Å². The van der Waals surface area contributed by atoms with Crippen LogP contribution in [-0.2, 0) is 14.3 Å². The molecule has 0 N–H and O–H groups in total. The summed E-state index contributed by atoms with van der Waals surface area (Å²) in [5.41, 5.74) is 0.314. The van der Waals surface area contributed by atoms with Crippen LogP contribution in [-0.4, -0.2) is 24.6 Å². The second-order valence-corrected chi connectivity index (χ2v) is 3.42. The highest BCUT2D eigenvalue weighted by molar-refractivity contribution is 6.08. The Kier molecular flexibility index (Phi) is 5.13. The fourth-order valence-electron chi connectivity index (χ4n) is 1.44. The van der Waals surface area contributed by atoms with Crippen LogP contribution in [0.2, 0.25) is 0 Å². The van der Waals surface area contributed by atoms with Gasteiger partial charge in [0.1, 0.15) is 18.5 Å². The summed E-state index contributed by atoms with van der Waals surface area (Å²) in [6, 6.07) is 1.48.